The molecule has 0 aliphatic rings. The largest absolute Gasteiger partial charge is 0.228 e. The van der Waals surface area contributed by atoms with Gasteiger partial charge in [-0.15, -0.1) is 0 Å². The van der Waals surface area contributed by atoms with Crippen molar-refractivity contribution in [2.45, 2.75) is 0 Å². The molecule has 4 heteroatoms. The number of hydrogen-bond acceptors (Lipinski definition) is 4. The molecule has 10 aromatic carbocycles. The van der Waals surface area contributed by atoms with E-state index in [1.165, 1.54) is 33.0 Å². The van der Waals surface area contributed by atoms with Gasteiger partial charge in [0.2, 0.25) is 0 Å². The second-order valence-electron chi connectivity index (χ2n) is 15.8. The van der Waals surface area contributed by atoms with E-state index < -0.39 is 0 Å². The van der Waals surface area contributed by atoms with E-state index in [2.05, 4.69) is 206 Å². The molecule has 0 radical (unpaired) electrons. The average molecular weight is 789 g/mol. The maximum Gasteiger partial charge on any atom is 0.160 e. The van der Waals surface area contributed by atoms with Crippen LogP contribution in [0, 0.1) is 0 Å². The van der Waals surface area contributed by atoms with Gasteiger partial charge in [-0.1, -0.05) is 182 Å². The first-order chi connectivity index (χ1) is 30.7. The van der Waals surface area contributed by atoms with Crippen molar-refractivity contribution in [3.63, 3.8) is 0 Å². The minimum atomic E-state index is 0.694. The van der Waals surface area contributed by atoms with Crippen LogP contribution in [0.15, 0.2) is 218 Å². The highest BCUT2D eigenvalue weighted by Gasteiger charge is 2.19. The van der Waals surface area contributed by atoms with E-state index >= 15 is 0 Å². The van der Waals surface area contributed by atoms with Crippen LogP contribution in [0.25, 0.3) is 122 Å². The van der Waals surface area contributed by atoms with Crippen molar-refractivity contribution >= 4 is 54.1 Å². The molecule has 12 rings (SSSR count). The highest BCUT2D eigenvalue weighted by molar-refractivity contribution is 6.11. The van der Waals surface area contributed by atoms with E-state index in [1.54, 1.807) is 0 Å². The summed E-state index contributed by atoms with van der Waals surface area (Å²) in [4.78, 5) is 21.0. The van der Waals surface area contributed by atoms with Crippen LogP contribution in [-0.4, -0.2) is 19.9 Å². The fraction of sp³-hybridized carbons (Fsp3) is 0. The van der Waals surface area contributed by atoms with Gasteiger partial charge in [-0.3, -0.25) is 0 Å². The molecule has 2 aromatic heterocycles. The van der Waals surface area contributed by atoms with Crippen molar-refractivity contribution in [3.05, 3.63) is 218 Å². The van der Waals surface area contributed by atoms with Gasteiger partial charge in [0.25, 0.3) is 0 Å². The number of rotatable bonds is 6. The zero-order chi connectivity index (χ0) is 41.0. The molecule has 0 saturated carbocycles. The summed E-state index contributed by atoms with van der Waals surface area (Å²) in [5, 5.41) is 8.84. The molecule has 0 saturated heterocycles. The van der Waals surface area contributed by atoms with Gasteiger partial charge in [-0.2, -0.15) is 0 Å². The van der Waals surface area contributed by atoms with Crippen molar-refractivity contribution in [3.8, 4) is 67.5 Å². The van der Waals surface area contributed by atoms with Gasteiger partial charge in [0.1, 0.15) is 0 Å². The van der Waals surface area contributed by atoms with E-state index in [4.69, 9.17) is 19.9 Å². The Hall–Kier alpha value is -8.34. The Labute approximate surface area is 358 Å². The van der Waals surface area contributed by atoms with Crippen molar-refractivity contribution in [1.82, 2.24) is 19.9 Å². The van der Waals surface area contributed by atoms with E-state index in [1.807, 2.05) is 12.1 Å². The number of fused-ring (bicyclic) bond motifs is 5. The Kier molecular flexibility index (Phi) is 8.46. The minimum Gasteiger partial charge on any atom is -0.228 e. The molecule has 0 fully saturated rings. The standard InChI is InChI=1S/C58H36N4/c1-3-13-37(14-4-1)39-23-25-43-35-45(29-27-41(43)33-39)57-59-53-21-11-9-19-51(53)55(61-57)49-31-32-50(48-18-8-7-17-47(48)49)56-52-20-10-12-22-54(52)60-58(62-56)46-30-28-42-34-40(24-26-44(42)36-46)38-15-5-2-6-16-38/h1-36H. The van der Waals surface area contributed by atoms with E-state index in [0.29, 0.717) is 11.6 Å². The Bertz CT molecular complexity index is 3450. The van der Waals surface area contributed by atoms with E-state index in [-0.39, 0.29) is 0 Å². The molecule has 4 nitrogen and oxygen atoms in total. The third-order valence-corrected chi connectivity index (χ3v) is 12.1. The van der Waals surface area contributed by atoms with Crippen molar-refractivity contribution in [1.29, 1.82) is 0 Å². The molecule has 2 heterocycles. The topological polar surface area (TPSA) is 51.6 Å². The first kappa shape index (κ1) is 35.6. The molecule has 288 valence electrons. The molecular formula is C58H36N4. The molecule has 0 bridgehead atoms. The summed E-state index contributed by atoms with van der Waals surface area (Å²) in [5.74, 6) is 1.39. The first-order valence-electron chi connectivity index (χ1n) is 21.0. The number of benzene rings is 10. The normalized spacial score (nSPS) is 11.5. The van der Waals surface area contributed by atoms with Gasteiger partial charge >= 0.3 is 0 Å². The second-order valence-corrected chi connectivity index (χ2v) is 15.8. The SMILES string of the molecule is c1ccc(-c2ccc3cc(-c4nc(-c5ccc(-c6nc(-c7ccc8cc(-c9ccccc9)ccc8c7)nc7ccccc67)c6ccccc56)c5ccccc5n4)ccc3c2)cc1. The van der Waals surface area contributed by atoms with Crippen LogP contribution in [0.1, 0.15) is 0 Å². The smallest absolute Gasteiger partial charge is 0.160 e. The Balaban J connectivity index is 0.979. The molecule has 0 N–H and O–H groups in total. The quantitative estimate of drug-likeness (QED) is 0.168. The minimum absolute atomic E-state index is 0.694. The fourth-order valence-corrected chi connectivity index (χ4v) is 8.92. The third kappa shape index (κ3) is 6.25. The lowest BCUT2D eigenvalue weighted by molar-refractivity contribution is 1.23. The first-order valence-corrected chi connectivity index (χ1v) is 21.0. The average Bonchev–Trinajstić information content (AvgIpc) is 3.35. The molecule has 0 atom stereocenters. The van der Waals surface area contributed by atoms with Crippen molar-refractivity contribution in [2.24, 2.45) is 0 Å². The van der Waals surface area contributed by atoms with Crippen LogP contribution < -0.4 is 0 Å². The summed E-state index contributed by atoms with van der Waals surface area (Å²) in [6, 6.07) is 77.0. The molecule has 12 aromatic rings. The van der Waals surface area contributed by atoms with Crippen molar-refractivity contribution in [2.75, 3.05) is 0 Å². The third-order valence-electron chi connectivity index (χ3n) is 12.1. The zero-order valence-electron chi connectivity index (χ0n) is 33.6. The van der Waals surface area contributed by atoms with Gasteiger partial charge in [0.05, 0.1) is 22.4 Å². The number of aromatic nitrogens is 4. The second kappa shape index (κ2) is 14.7. The van der Waals surface area contributed by atoms with Crippen LogP contribution in [-0.2, 0) is 0 Å². The van der Waals surface area contributed by atoms with Crippen LogP contribution in [0.5, 0.6) is 0 Å². The zero-order valence-corrected chi connectivity index (χ0v) is 33.6. The summed E-state index contributed by atoms with van der Waals surface area (Å²) in [6.07, 6.45) is 0. The van der Waals surface area contributed by atoms with Gasteiger partial charge in [0.15, 0.2) is 11.6 Å². The Morgan fingerprint density at radius 1 is 0.226 bits per heavy atom. The van der Waals surface area contributed by atoms with Crippen LogP contribution >= 0.6 is 0 Å². The van der Waals surface area contributed by atoms with Crippen LogP contribution in [0.4, 0.5) is 0 Å². The molecule has 0 spiro atoms. The predicted octanol–water partition coefficient (Wildman–Crippen LogP) is 15.0. The number of nitrogens with zero attached hydrogens (tertiary/aromatic N) is 4. The summed E-state index contributed by atoms with van der Waals surface area (Å²) >= 11 is 0. The predicted molar refractivity (Wildman–Crippen MR) is 258 cm³/mol. The monoisotopic (exact) mass is 788 g/mol. The van der Waals surface area contributed by atoms with Gasteiger partial charge < -0.3 is 0 Å². The maximum absolute atomic E-state index is 5.38. The lowest BCUT2D eigenvalue weighted by Crippen LogP contribution is -1.98. The van der Waals surface area contributed by atoms with Crippen molar-refractivity contribution < 1.29 is 0 Å². The molecule has 62 heavy (non-hydrogen) atoms. The number of para-hydroxylation sites is 2. The highest BCUT2D eigenvalue weighted by Crippen LogP contribution is 2.40. The molecule has 0 unspecified atom stereocenters. The lowest BCUT2D eigenvalue weighted by atomic mass is 9.93. The molecule has 0 aliphatic carbocycles. The van der Waals surface area contributed by atoms with Gasteiger partial charge in [0, 0.05) is 33.0 Å². The van der Waals surface area contributed by atoms with E-state index in [9.17, 15) is 0 Å². The number of hydrogen-bond donors (Lipinski definition) is 0. The van der Waals surface area contributed by atoms with E-state index in [0.717, 1.165) is 77.0 Å². The summed E-state index contributed by atoms with van der Waals surface area (Å²) in [6.45, 7) is 0. The maximum atomic E-state index is 5.38. The highest BCUT2D eigenvalue weighted by atomic mass is 14.9. The molecule has 0 aliphatic heterocycles. The summed E-state index contributed by atoms with van der Waals surface area (Å²) < 4.78 is 0. The summed E-state index contributed by atoms with van der Waals surface area (Å²) in [5.41, 5.74) is 12.4. The lowest BCUT2D eigenvalue weighted by Gasteiger charge is -2.16. The van der Waals surface area contributed by atoms with Gasteiger partial charge in [-0.05, 0) is 91.0 Å². The Morgan fingerprint density at radius 3 is 0.984 bits per heavy atom. The summed E-state index contributed by atoms with van der Waals surface area (Å²) in [7, 11) is 0. The van der Waals surface area contributed by atoms with Crippen LogP contribution in [0.2, 0.25) is 0 Å². The Morgan fingerprint density at radius 2 is 0.565 bits per heavy atom. The molecular weight excluding hydrogens is 753 g/mol. The van der Waals surface area contributed by atoms with Crippen LogP contribution in [0.3, 0.4) is 0 Å². The molecule has 0 amide bonds. The van der Waals surface area contributed by atoms with Gasteiger partial charge in [-0.25, -0.2) is 19.9 Å². The fourth-order valence-electron chi connectivity index (χ4n) is 8.92.